The third-order valence-corrected chi connectivity index (χ3v) is 2.73. The molecule has 0 saturated heterocycles. The molecular formula is C14H18N2O5. The molecule has 21 heavy (non-hydrogen) atoms. The third-order valence-electron chi connectivity index (χ3n) is 2.73. The SMILES string of the molecule is COC(=O)CCNC(=O)NC(Cc1ccccc1)C(=O)O. The Morgan fingerprint density at radius 3 is 2.48 bits per heavy atom. The highest BCUT2D eigenvalue weighted by Crippen LogP contribution is 2.03. The van der Waals surface area contributed by atoms with Gasteiger partial charge in [0, 0.05) is 13.0 Å². The zero-order valence-corrected chi connectivity index (χ0v) is 11.7. The molecule has 0 aliphatic carbocycles. The summed E-state index contributed by atoms with van der Waals surface area (Å²) in [6.07, 6.45) is 0.209. The second kappa shape index (κ2) is 8.57. The lowest BCUT2D eigenvalue weighted by Gasteiger charge is -2.15. The van der Waals surface area contributed by atoms with E-state index in [9.17, 15) is 14.4 Å². The van der Waals surface area contributed by atoms with Crippen molar-refractivity contribution in [3.8, 4) is 0 Å². The summed E-state index contributed by atoms with van der Waals surface area (Å²) in [5.41, 5.74) is 0.805. The fourth-order valence-electron chi connectivity index (χ4n) is 1.64. The maximum Gasteiger partial charge on any atom is 0.326 e. The van der Waals surface area contributed by atoms with Crippen LogP contribution >= 0.6 is 0 Å². The van der Waals surface area contributed by atoms with Crippen LogP contribution < -0.4 is 10.6 Å². The zero-order chi connectivity index (χ0) is 15.7. The van der Waals surface area contributed by atoms with E-state index < -0.39 is 24.0 Å². The predicted octanol–water partition coefficient (Wildman–Crippen LogP) is 0.545. The van der Waals surface area contributed by atoms with Gasteiger partial charge in [-0.1, -0.05) is 30.3 Å². The molecule has 3 N–H and O–H groups in total. The van der Waals surface area contributed by atoms with Crippen LogP contribution in [0, 0.1) is 0 Å². The van der Waals surface area contributed by atoms with Crippen molar-refractivity contribution in [1.29, 1.82) is 0 Å². The van der Waals surface area contributed by atoms with Gasteiger partial charge in [0.25, 0.3) is 0 Å². The van der Waals surface area contributed by atoms with E-state index in [0.29, 0.717) is 0 Å². The molecule has 0 fully saturated rings. The van der Waals surface area contributed by atoms with Crippen LogP contribution in [0.5, 0.6) is 0 Å². The average molecular weight is 294 g/mol. The molecule has 0 radical (unpaired) electrons. The van der Waals surface area contributed by atoms with Crippen molar-refractivity contribution in [3.63, 3.8) is 0 Å². The fourth-order valence-corrected chi connectivity index (χ4v) is 1.64. The monoisotopic (exact) mass is 294 g/mol. The molecule has 0 heterocycles. The maximum absolute atomic E-state index is 11.6. The number of hydrogen-bond donors (Lipinski definition) is 3. The second-order valence-electron chi connectivity index (χ2n) is 4.31. The zero-order valence-electron chi connectivity index (χ0n) is 11.7. The van der Waals surface area contributed by atoms with Crippen molar-refractivity contribution < 1.29 is 24.2 Å². The first-order valence-corrected chi connectivity index (χ1v) is 6.41. The van der Waals surface area contributed by atoms with Gasteiger partial charge in [-0.3, -0.25) is 4.79 Å². The minimum Gasteiger partial charge on any atom is -0.480 e. The van der Waals surface area contributed by atoms with Crippen LogP contribution in [0.15, 0.2) is 30.3 Å². The number of methoxy groups -OCH3 is 1. The van der Waals surface area contributed by atoms with Crippen molar-refractivity contribution in [2.24, 2.45) is 0 Å². The van der Waals surface area contributed by atoms with Gasteiger partial charge in [0.15, 0.2) is 0 Å². The molecule has 1 rings (SSSR count). The number of amides is 2. The minimum atomic E-state index is -1.12. The van der Waals surface area contributed by atoms with Gasteiger partial charge >= 0.3 is 18.0 Å². The highest BCUT2D eigenvalue weighted by atomic mass is 16.5. The first-order chi connectivity index (χ1) is 10.0. The number of nitrogens with one attached hydrogen (secondary N) is 2. The van der Waals surface area contributed by atoms with E-state index in [1.165, 1.54) is 7.11 Å². The van der Waals surface area contributed by atoms with Gasteiger partial charge in [0.05, 0.1) is 13.5 Å². The van der Waals surface area contributed by atoms with Gasteiger partial charge in [-0.15, -0.1) is 0 Å². The molecule has 0 aromatic heterocycles. The van der Waals surface area contributed by atoms with Crippen LogP contribution in [0.2, 0.25) is 0 Å². The number of carboxylic acids is 1. The molecular weight excluding hydrogens is 276 g/mol. The van der Waals surface area contributed by atoms with Crippen LogP contribution in [0.25, 0.3) is 0 Å². The van der Waals surface area contributed by atoms with Crippen molar-refractivity contribution in [1.82, 2.24) is 10.6 Å². The number of ether oxygens (including phenoxy) is 1. The molecule has 114 valence electrons. The van der Waals surface area contributed by atoms with Crippen LogP contribution in [-0.4, -0.2) is 42.8 Å². The van der Waals surface area contributed by atoms with E-state index in [1.54, 1.807) is 24.3 Å². The Kier molecular flexibility index (Phi) is 6.73. The molecule has 1 aromatic carbocycles. The number of carboxylic acid groups (broad SMARTS) is 1. The summed E-state index contributed by atoms with van der Waals surface area (Å²) in [5, 5.41) is 13.9. The van der Waals surface area contributed by atoms with Gasteiger partial charge in [-0.25, -0.2) is 9.59 Å². The van der Waals surface area contributed by atoms with E-state index in [1.807, 2.05) is 6.07 Å². The van der Waals surface area contributed by atoms with Crippen LogP contribution in [-0.2, 0) is 20.7 Å². The summed E-state index contributed by atoms with van der Waals surface area (Å²) in [7, 11) is 1.25. The lowest BCUT2D eigenvalue weighted by atomic mass is 10.1. The van der Waals surface area contributed by atoms with E-state index in [-0.39, 0.29) is 19.4 Å². The molecule has 0 aliphatic rings. The fraction of sp³-hybridized carbons (Fsp3) is 0.357. The third kappa shape index (κ3) is 6.42. The molecule has 1 unspecified atom stereocenters. The molecule has 1 aromatic rings. The topological polar surface area (TPSA) is 105 Å². The van der Waals surface area contributed by atoms with Crippen molar-refractivity contribution in [2.45, 2.75) is 18.9 Å². The Bertz CT molecular complexity index is 489. The number of benzene rings is 1. The number of aliphatic carboxylic acids is 1. The molecule has 1 atom stereocenters. The Morgan fingerprint density at radius 1 is 1.24 bits per heavy atom. The van der Waals surface area contributed by atoms with E-state index in [4.69, 9.17) is 5.11 Å². The van der Waals surface area contributed by atoms with Gasteiger partial charge in [-0.2, -0.15) is 0 Å². The van der Waals surface area contributed by atoms with Gasteiger partial charge in [0.1, 0.15) is 6.04 Å². The summed E-state index contributed by atoms with van der Waals surface area (Å²) in [6.45, 7) is 0.0795. The van der Waals surface area contributed by atoms with Gasteiger partial charge < -0.3 is 20.5 Å². The predicted molar refractivity (Wildman–Crippen MR) is 74.7 cm³/mol. The summed E-state index contributed by atoms with van der Waals surface area (Å²) < 4.78 is 4.43. The first-order valence-electron chi connectivity index (χ1n) is 6.41. The Labute approximate surface area is 122 Å². The first kappa shape index (κ1) is 16.5. The molecule has 7 nitrogen and oxygen atoms in total. The summed E-state index contributed by atoms with van der Waals surface area (Å²) in [6, 6.07) is 7.31. The lowest BCUT2D eigenvalue weighted by Crippen LogP contribution is -2.47. The number of hydrogen-bond acceptors (Lipinski definition) is 4. The van der Waals surface area contributed by atoms with Crippen molar-refractivity contribution in [3.05, 3.63) is 35.9 Å². The molecule has 0 saturated carbocycles. The molecule has 2 amide bonds. The quantitative estimate of drug-likeness (QED) is 0.637. The number of carbonyl (C=O) groups is 3. The standard InChI is InChI=1S/C14H18N2O5/c1-21-12(17)7-8-15-14(20)16-11(13(18)19)9-10-5-3-2-4-6-10/h2-6,11H,7-9H2,1H3,(H,18,19)(H2,15,16,20). The number of urea groups is 1. The minimum absolute atomic E-state index is 0.0281. The van der Waals surface area contributed by atoms with E-state index in [2.05, 4.69) is 15.4 Å². The molecule has 0 spiro atoms. The maximum atomic E-state index is 11.6. The van der Waals surface area contributed by atoms with Gasteiger partial charge in [0.2, 0.25) is 0 Å². The Morgan fingerprint density at radius 2 is 1.90 bits per heavy atom. The summed E-state index contributed by atoms with van der Waals surface area (Å²) in [4.78, 5) is 33.6. The number of esters is 1. The smallest absolute Gasteiger partial charge is 0.326 e. The number of carbonyl (C=O) groups excluding carboxylic acids is 2. The highest BCUT2D eigenvalue weighted by molar-refractivity contribution is 5.83. The van der Waals surface area contributed by atoms with E-state index in [0.717, 1.165) is 5.56 Å². The van der Waals surface area contributed by atoms with Crippen LogP contribution in [0.4, 0.5) is 4.79 Å². The Hall–Kier alpha value is -2.57. The van der Waals surface area contributed by atoms with Gasteiger partial charge in [-0.05, 0) is 5.56 Å². The molecule has 0 bridgehead atoms. The van der Waals surface area contributed by atoms with Crippen molar-refractivity contribution in [2.75, 3.05) is 13.7 Å². The largest absolute Gasteiger partial charge is 0.480 e. The van der Waals surface area contributed by atoms with E-state index >= 15 is 0 Å². The molecule has 0 aliphatic heterocycles. The second-order valence-corrected chi connectivity index (χ2v) is 4.31. The summed E-state index contributed by atoms with van der Waals surface area (Å²) in [5.74, 6) is -1.57. The lowest BCUT2D eigenvalue weighted by molar-refractivity contribution is -0.141. The van der Waals surface area contributed by atoms with Crippen LogP contribution in [0.1, 0.15) is 12.0 Å². The number of rotatable bonds is 7. The Balaban J connectivity index is 2.45. The normalized spacial score (nSPS) is 11.3. The summed E-state index contributed by atoms with van der Waals surface area (Å²) >= 11 is 0. The highest BCUT2D eigenvalue weighted by Gasteiger charge is 2.20. The van der Waals surface area contributed by atoms with Crippen molar-refractivity contribution >= 4 is 18.0 Å². The average Bonchev–Trinajstić information content (AvgIpc) is 2.47. The molecule has 7 heteroatoms. The van der Waals surface area contributed by atoms with Crippen LogP contribution in [0.3, 0.4) is 0 Å².